The van der Waals surface area contributed by atoms with Crippen LogP contribution in [0.2, 0.25) is 0 Å². The molecule has 0 saturated carbocycles. The molecule has 4 heteroatoms. The second-order valence-electron chi connectivity index (χ2n) is 5.87. The number of rotatable bonds is 2. The summed E-state index contributed by atoms with van der Waals surface area (Å²) in [7, 11) is 0. The Morgan fingerprint density at radius 1 is 1.26 bits per heavy atom. The van der Waals surface area contributed by atoms with Crippen molar-refractivity contribution in [3.63, 3.8) is 0 Å². The first-order valence-electron chi connectivity index (χ1n) is 7.89. The minimum Gasteiger partial charge on any atom is -0.491 e. The molecule has 0 aromatic heterocycles. The van der Waals surface area contributed by atoms with E-state index in [1.807, 2.05) is 43.0 Å². The monoisotopic (exact) mass is 313 g/mol. The standard InChI is InChI=1S/C19H20FNO2/c1-3-19(22)21-11-16-9-15(14-5-4-6-17(20)10-14)7-8-18(16)23-12-13(21)2/h4-10,13H,3,11-12H2,1-2H3/t13-/m0/s1. The second-order valence-corrected chi connectivity index (χ2v) is 5.87. The maximum Gasteiger partial charge on any atom is 0.222 e. The zero-order valence-electron chi connectivity index (χ0n) is 13.4. The van der Waals surface area contributed by atoms with E-state index < -0.39 is 0 Å². The third-order valence-corrected chi connectivity index (χ3v) is 4.19. The Morgan fingerprint density at radius 2 is 2.04 bits per heavy atom. The summed E-state index contributed by atoms with van der Waals surface area (Å²) in [6, 6.07) is 12.4. The lowest BCUT2D eigenvalue weighted by Gasteiger charge is -2.25. The summed E-state index contributed by atoms with van der Waals surface area (Å²) in [4.78, 5) is 14.0. The first-order valence-corrected chi connectivity index (χ1v) is 7.89. The molecule has 1 atom stereocenters. The number of fused-ring (bicyclic) bond motifs is 1. The van der Waals surface area contributed by atoms with E-state index in [0.717, 1.165) is 22.4 Å². The fourth-order valence-electron chi connectivity index (χ4n) is 2.87. The Kier molecular flexibility index (Phi) is 4.33. The van der Waals surface area contributed by atoms with E-state index >= 15 is 0 Å². The van der Waals surface area contributed by atoms with Crippen molar-refractivity contribution in [2.75, 3.05) is 6.61 Å². The van der Waals surface area contributed by atoms with Crippen LogP contribution in [0.5, 0.6) is 5.75 Å². The van der Waals surface area contributed by atoms with Gasteiger partial charge in [0.1, 0.15) is 18.2 Å². The van der Waals surface area contributed by atoms with Gasteiger partial charge in [0.05, 0.1) is 6.04 Å². The topological polar surface area (TPSA) is 29.5 Å². The van der Waals surface area contributed by atoms with E-state index in [2.05, 4.69) is 0 Å². The minimum atomic E-state index is -0.259. The summed E-state index contributed by atoms with van der Waals surface area (Å²) in [6.07, 6.45) is 0.475. The first kappa shape index (κ1) is 15.5. The van der Waals surface area contributed by atoms with Crippen LogP contribution in [0.25, 0.3) is 11.1 Å². The van der Waals surface area contributed by atoms with Crippen LogP contribution in [0.1, 0.15) is 25.8 Å². The molecule has 0 radical (unpaired) electrons. The molecule has 0 saturated heterocycles. The number of ether oxygens (including phenoxy) is 1. The molecule has 0 spiro atoms. The number of nitrogens with zero attached hydrogens (tertiary/aromatic N) is 1. The van der Waals surface area contributed by atoms with Crippen LogP contribution < -0.4 is 4.74 Å². The molecule has 3 nitrogen and oxygen atoms in total. The van der Waals surface area contributed by atoms with Crippen molar-refractivity contribution >= 4 is 5.91 Å². The first-order chi connectivity index (χ1) is 11.1. The molecule has 1 aliphatic heterocycles. The van der Waals surface area contributed by atoms with Crippen LogP contribution in [-0.4, -0.2) is 23.5 Å². The predicted molar refractivity (Wildman–Crippen MR) is 87.6 cm³/mol. The molecule has 2 aromatic carbocycles. The van der Waals surface area contributed by atoms with E-state index in [1.54, 1.807) is 6.07 Å². The lowest BCUT2D eigenvalue weighted by Crippen LogP contribution is -2.39. The molecule has 120 valence electrons. The van der Waals surface area contributed by atoms with Crippen molar-refractivity contribution in [1.29, 1.82) is 0 Å². The van der Waals surface area contributed by atoms with Crippen LogP contribution in [-0.2, 0) is 11.3 Å². The smallest absolute Gasteiger partial charge is 0.222 e. The maximum atomic E-state index is 13.4. The SMILES string of the molecule is CCC(=O)N1Cc2cc(-c3cccc(F)c3)ccc2OC[C@@H]1C. The number of amides is 1. The van der Waals surface area contributed by atoms with E-state index in [-0.39, 0.29) is 17.8 Å². The number of carbonyl (C=O) groups excluding carboxylic acids is 1. The molecular formula is C19H20FNO2. The third kappa shape index (κ3) is 3.21. The quantitative estimate of drug-likeness (QED) is 0.838. The number of hydrogen-bond donors (Lipinski definition) is 0. The summed E-state index contributed by atoms with van der Waals surface area (Å²) in [6.45, 7) is 4.86. The molecule has 1 aliphatic rings. The van der Waals surface area contributed by atoms with E-state index in [4.69, 9.17) is 4.74 Å². The van der Waals surface area contributed by atoms with Gasteiger partial charge in [0.25, 0.3) is 0 Å². The molecule has 0 bridgehead atoms. The number of hydrogen-bond acceptors (Lipinski definition) is 2. The fraction of sp³-hybridized carbons (Fsp3) is 0.316. The highest BCUT2D eigenvalue weighted by molar-refractivity contribution is 5.76. The second kappa shape index (κ2) is 6.41. The molecule has 0 fully saturated rings. The molecule has 3 rings (SSSR count). The molecule has 2 aromatic rings. The average Bonchev–Trinajstić information content (AvgIpc) is 2.73. The molecule has 23 heavy (non-hydrogen) atoms. The Balaban J connectivity index is 1.97. The summed E-state index contributed by atoms with van der Waals surface area (Å²) in [5.74, 6) is 0.651. The Labute approximate surface area is 135 Å². The summed E-state index contributed by atoms with van der Waals surface area (Å²) < 4.78 is 19.3. The van der Waals surface area contributed by atoms with Gasteiger partial charge in [-0.2, -0.15) is 0 Å². The normalized spacial score (nSPS) is 17.2. The van der Waals surface area contributed by atoms with E-state index in [1.165, 1.54) is 12.1 Å². The van der Waals surface area contributed by atoms with Crippen LogP contribution in [0.3, 0.4) is 0 Å². The zero-order valence-corrected chi connectivity index (χ0v) is 13.4. The van der Waals surface area contributed by atoms with Gasteiger partial charge >= 0.3 is 0 Å². The van der Waals surface area contributed by atoms with Crippen molar-refractivity contribution in [1.82, 2.24) is 4.90 Å². The largest absolute Gasteiger partial charge is 0.491 e. The lowest BCUT2D eigenvalue weighted by atomic mass is 10.0. The van der Waals surface area contributed by atoms with Crippen LogP contribution in [0, 0.1) is 5.82 Å². The maximum absolute atomic E-state index is 13.4. The molecule has 0 unspecified atom stereocenters. The van der Waals surface area contributed by atoms with Gasteiger partial charge in [-0.25, -0.2) is 4.39 Å². The highest BCUT2D eigenvalue weighted by Crippen LogP contribution is 2.30. The van der Waals surface area contributed by atoms with Gasteiger partial charge in [0.2, 0.25) is 5.91 Å². The van der Waals surface area contributed by atoms with Crippen LogP contribution in [0.15, 0.2) is 42.5 Å². The summed E-state index contributed by atoms with van der Waals surface area (Å²) in [5, 5.41) is 0. The van der Waals surface area contributed by atoms with Crippen molar-refractivity contribution in [2.24, 2.45) is 0 Å². The Bertz CT molecular complexity index is 729. The van der Waals surface area contributed by atoms with Crippen LogP contribution in [0.4, 0.5) is 4.39 Å². The molecule has 0 aliphatic carbocycles. The van der Waals surface area contributed by atoms with Gasteiger partial charge < -0.3 is 9.64 Å². The number of carbonyl (C=O) groups is 1. The van der Waals surface area contributed by atoms with Crippen LogP contribution >= 0.6 is 0 Å². The van der Waals surface area contributed by atoms with Gasteiger partial charge in [-0.15, -0.1) is 0 Å². The summed E-state index contributed by atoms with van der Waals surface area (Å²) >= 11 is 0. The minimum absolute atomic E-state index is 0.0347. The predicted octanol–water partition coefficient (Wildman–Crippen LogP) is 4.01. The van der Waals surface area contributed by atoms with Gasteiger partial charge in [-0.3, -0.25) is 4.79 Å². The zero-order chi connectivity index (χ0) is 16.4. The van der Waals surface area contributed by atoms with Crippen molar-refractivity contribution in [3.8, 4) is 16.9 Å². The Hall–Kier alpha value is -2.36. The van der Waals surface area contributed by atoms with Gasteiger partial charge in [-0.1, -0.05) is 25.1 Å². The summed E-state index contributed by atoms with van der Waals surface area (Å²) in [5.41, 5.74) is 2.70. The highest BCUT2D eigenvalue weighted by Gasteiger charge is 2.24. The highest BCUT2D eigenvalue weighted by atomic mass is 19.1. The molecule has 0 N–H and O–H groups in total. The van der Waals surface area contributed by atoms with E-state index in [9.17, 15) is 9.18 Å². The molecule has 1 amide bonds. The van der Waals surface area contributed by atoms with Crippen molar-refractivity contribution < 1.29 is 13.9 Å². The number of halogens is 1. The van der Waals surface area contributed by atoms with E-state index in [0.29, 0.717) is 19.6 Å². The lowest BCUT2D eigenvalue weighted by molar-refractivity contribution is -0.133. The molecule has 1 heterocycles. The Morgan fingerprint density at radius 3 is 2.78 bits per heavy atom. The fourth-order valence-corrected chi connectivity index (χ4v) is 2.87. The molecular weight excluding hydrogens is 293 g/mol. The number of benzene rings is 2. The van der Waals surface area contributed by atoms with Gasteiger partial charge in [0.15, 0.2) is 0 Å². The third-order valence-electron chi connectivity index (χ3n) is 4.19. The van der Waals surface area contributed by atoms with Crippen molar-refractivity contribution in [2.45, 2.75) is 32.9 Å². The van der Waals surface area contributed by atoms with Crippen molar-refractivity contribution in [3.05, 3.63) is 53.8 Å². The van der Waals surface area contributed by atoms with Gasteiger partial charge in [-0.05, 0) is 42.3 Å². The average molecular weight is 313 g/mol. The van der Waals surface area contributed by atoms with Gasteiger partial charge in [0, 0.05) is 18.5 Å².